The highest BCUT2D eigenvalue weighted by molar-refractivity contribution is 9.10. The van der Waals surface area contributed by atoms with Crippen molar-refractivity contribution in [2.24, 2.45) is 0 Å². The molecule has 0 radical (unpaired) electrons. The molecule has 2 nitrogen and oxygen atoms in total. The third-order valence-corrected chi connectivity index (χ3v) is 1.98. The highest BCUT2D eigenvalue weighted by Crippen LogP contribution is 2.05. The largest absolute Gasteiger partial charge is 0.461 e. The first-order valence-corrected chi connectivity index (χ1v) is 4.05. The molecule has 1 atom stereocenters. The summed E-state index contributed by atoms with van der Waals surface area (Å²) in [6.07, 6.45) is 2.29. The second-order valence-electron chi connectivity index (χ2n) is 1.79. The number of rotatable bonds is 4. The van der Waals surface area contributed by atoms with Crippen molar-refractivity contribution in [3.8, 4) is 0 Å². The lowest BCUT2D eigenvalue weighted by Gasteiger charge is -2.04. The van der Waals surface area contributed by atoms with Crippen LogP contribution in [-0.4, -0.2) is 17.4 Å². The molecule has 0 aromatic heterocycles. The van der Waals surface area contributed by atoms with E-state index in [9.17, 15) is 4.79 Å². The minimum absolute atomic E-state index is 0.174. The molecule has 0 amide bonds. The van der Waals surface area contributed by atoms with Crippen molar-refractivity contribution in [1.82, 2.24) is 0 Å². The number of carbonyl (C=O) groups is 1. The number of halogens is 1. The zero-order valence-corrected chi connectivity index (χ0v) is 7.56. The molecule has 0 aliphatic carbocycles. The fourth-order valence-electron chi connectivity index (χ4n) is 0.398. The van der Waals surface area contributed by atoms with Crippen LogP contribution in [0.15, 0.2) is 12.7 Å². The zero-order valence-electron chi connectivity index (χ0n) is 5.97. The summed E-state index contributed by atoms with van der Waals surface area (Å²) in [6, 6.07) is 0. The normalized spacial score (nSPS) is 12.2. The van der Waals surface area contributed by atoms with E-state index in [4.69, 9.17) is 4.74 Å². The molecule has 10 heavy (non-hydrogen) atoms. The third kappa shape index (κ3) is 3.67. The van der Waals surface area contributed by atoms with Crippen LogP contribution in [0.5, 0.6) is 0 Å². The van der Waals surface area contributed by atoms with Crippen molar-refractivity contribution in [2.45, 2.75) is 18.2 Å². The molecule has 0 saturated carbocycles. The van der Waals surface area contributed by atoms with Crippen molar-refractivity contribution >= 4 is 21.9 Å². The molecule has 1 unspecified atom stereocenters. The van der Waals surface area contributed by atoms with Gasteiger partial charge in [-0.3, -0.25) is 4.79 Å². The molecule has 58 valence electrons. The Bertz CT molecular complexity index is 123. The van der Waals surface area contributed by atoms with Crippen molar-refractivity contribution in [1.29, 1.82) is 0 Å². The Balaban J connectivity index is 3.51. The van der Waals surface area contributed by atoms with Gasteiger partial charge in [-0.05, 0) is 6.42 Å². The zero-order chi connectivity index (χ0) is 7.98. The Kier molecular flexibility index (Phi) is 5.30. The Morgan fingerprint density at radius 3 is 2.90 bits per heavy atom. The summed E-state index contributed by atoms with van der Waals surface area (Å²) in [5, 5.41) is 0. The minimum Gasteiger partial charge on any atom is -0.461 e. The summed E-state index contributed by atoms with van der Waals surface area (Å²) in [7, 11) is 0. The van der Waals surface area contributed by atoms with Crippen LogP contribution in [-0.2, 0) is 9.53 Å². The first kappa shape index (κ1) is 9.69. The summed E-state index contributed by atoms with van der Waals surface area (Å²) in [5.74, 6) is -0.220. The van der Waals surface area contributed by atoms with Crippen LogP contribution < -0.4 is 0 Å². The van der Waals surface area contributed by atoms with Crippen LogP contribution in [0.25, 0.3) is 0 Å². The van der Waals surface area contributed by atoms with E-state index < -0.39 is 0 Å². The smallest absolute Gasteiger partial charge is 0.320 e. The number of esters is 1. The van der Waals surface area contributed by atoms with Gasteiger partial charge in [0, 0.05) is 0 Å². The molecule has 0 spiro atoms. The maximum Gasteiger partial charge on any atom is 0.320 e. The van der Waals surface area contributed by atoms with Crippen molar-refractivity contribution < 1.29 is 9.53 Å². The molecule has 0 aromatic carbocycles. The number of hydrogen-bond donors (Lipinski definition) is 0. The second-order valence-corrected chi connectivity index (χ2v) is 2.90. The van der Waals surface area contributed by atoms with Gasteiger partial charge in [0.25, 0.3) is 0 Å². The van der Waals surface area contributed by atoms with E-state index in [0.29, 0.717) is 6.61 Å². The SMILES string of the molecule is C=CCOC(=O)C(Br)CC. The summed E-state index contributed by atoms with van der Waals surface area (Å²) >= 11 is 3.16. The molecule has 3 heteroatoms. The number of hydrogen-bond acceptors (Lipinski definition) is 2. The second kappa shape index (κ2) is 5.47. The molecular weight excluding hydrogens is 196 g/mol. The number of alkyl halides is 1. The van der Waals surface area contributed by atoms with Crippen molar-refractivity contribution in [2.75, 3.05) is 6.61 Å². The van der Waals surface area contributed by atoms with Crippen molar-refractivity contribution in [3.05, 3.63) is 12.7 Å². The fourth-order valence-corrected chi connectivity index (χ4v) is 0.530. The average Bonchev–Trinajstić information content (AvgIpc) is 1.98. The van der Waals surface area contributed by atoms with Crippen molar-refractivity contribution in [3.63, 3.8) is 0 Å². The quantitative estimate of drug-likeness (QED) is 0.399. The van der Waals surface area contributed by atoms with Crippen LogP contribution in [0, 0.1) is 0 Å². The minimum atomic E-state index is -0.220. The van der Waals surface area contributed by atoms with Crippen LogP contribution in [0.4, 0.5) is 0 Å². The van der Waals surface area contributed by atoms with E-state index in [0.717, 1.165) is 6.42 Å². The van der Waals surface area contributed by atoms with Gasteiger partial charge in [0.2, 0.25) is 0 Å². The molecule has 0 rings (SSSR count). The highest BCUT2D eigenvalue weighted by atomic mass is 79.9. The lowest BCUT2D eigenvalue weighted by atomic mass is 10.3. The topological polar surface area (TPSA) is 26.3 Å². The third-order valence-electron chi connectivity index (χ3n) is 0.958. The van der Waals surface area contributed by atoms with Gasteiger partial charge in [-0.2, -0.15) is 0 Å². The molecule has 0 heterocycles. The Morgan fingerprint density at radius 1 is 1.90 bits per heavy atom. The Hall–Kier alpha value is -0.310. The molecule has 0 saturated heterocycles. The standard InChI is InChI=1S/C7H11BrO2/c1-3-5-10-7(9)6(8)4-2/h3,6H,1,4-5H2,2H3. The Morgan fingerprint density at radius 2 is 2.50 bits per heavy atom. The van der Waals surface area contributed by atoms with Crippen LogP contribution in [0.1, 0.15) is 13.3 Å². The fraction of sp³-hybridized carbons (Fsp3) is 0.571. The van der Waals surface area contributed by atoms with E-state index in [2.05, 4.69) is 22.5 Å². The molecule has 0 aliphatic rings. The van der Waals surface area contributed by atoms with Gasteiger partial charge in [0.15, 0.2) is 0 Å². The predicted octanol–water partition coefficient (Wildman–Crippen LogP) is 1.89. The molecule has 0 fully saturated rings. The summed E-state index contributed by atoms with van der Waals surface area (Å²) in [4.78, 5) is 10.6. The first-order chi connectivity index (χ1) is 4.72. The van der Waals surface area contributed by atoms with Crippen LogP contribution in [0.3, 0.4) is 0 Å². The summed E-state index contributed by atoms with van der Waals surface area (Å²) in [6.45, 7) is 5.63. The van der Waals surface area contributed by atoms with E-state index in [1.165, 1.54) is 0 Å². The molecule has 0 bridgehead atoms. The Labute approximate surface area is 69.4 Å². The van der Waals surface area contributed by atoms with Gasteiger partial charge >= 0.3 is 5.97 Å². The molecule has 0 N–H and O–H groups in total. The van der Waals surface area contributed by atoms with Gasteiger partial charge in [-0.25, -0.2) is 0 Å². The maximum atomic E-state index is 10.8. The lowest BCUT2D eigenvalue weighted by molar-refractivity contribution is -0.141. The number of carbonyl (C=O) groups excluding carboxylic acids is 1. The van der Waals surface area contributed by atoms with Gasteiger partial charge < -0.3 is 4.74 Å². The van der Waals surface area contributed by atoms with E-state index in [1.807, 2.05) is 6.92 Å². The van der Waals surface area contributed by atoms with Gasteiger partial charge in [0.1, 0.15) is 11.4 Å². The molecular formula is C7H11BrO2. The average molecular weight is 207 g/mol. The van der Waals surface area contributed by atoms with E-state index in [1.54, 1.807) is 6.08 Å². The molecule has 0 aromatic rings. The van der Waals surface area contributed by atoms with E-state index >= 15 is 0 Å². The first-order valence-electron chi connectivity index (χ1n) is 3.14. The van der Waals surface area contributed by atoms with Gasteiger partial charge in [-0.15, -0.1) is 0 Å². The summed E-state index contributed by atoms with van der Waals surface area (Å²) < 4.78 is 4.74. The van der Waals surface area contributed by atoms with Crippen LogP contribution >= 0.6 is 15.9 Å². The van der Waals surface area contributed by atoms with Gasteiger partial charge in [-0.1, -0.05) is 35.5 Å². The highest BCUT2D eigenvalue weighted by Gasteiger charge is 2.12. The van der Waals surface area contributed by atoms with Crippen LogP contribution in [0.2, 0.25) is 0 Å². The lowest BCUT2D eigenvalue weighted by Crippen LogP contribution is -2.16. The number of ether oxygens (including phenoxy) is 1. The van der Waals surface area contributed by atoms with E-state index in [-0.39, 0.29) is 10.8 Å². The van der Waals surface area contributed by atoms with Gasteiger partial charge in [0.05, 0.1) is 0 Å². The monoisotopic (exact) mass is 206 g/mol. The molecule has 0 aliphatic heterocycles. The summed E-state index contributed by atoms with van der Waals surface area (Å²) in [5.41, 5.74) is 0. The predicted molar refractivity (Wildman–Crippen MR) is 44.2 cm³/mol. The maximum absolute atomic E-state index is 10.8.